The number of aromatic nitrogens is 1. The maximum atomic E-state index is 5.89. The van der Waals surface area contributed by atoms with Gasteiger partial charge in [0.05, 0.1) is 0 Å². The van der Waals surface area contributed by atoms with Gasteiger partial charge in [-0.25, -0.2) is 0 Å². The molecule has 0 aliphatic carbocycles. The van der Waals surface area contributed by atoms with Crippen molar-refractivity contribution >= 4 is 21.5 Å². The fraction of sp³-hybridized carbons (Fsp3) is 0.108. The Bertz CT molecular complexity index is 1580. The molecule has 0 saturated carbocycles. The number of benzene rings is 4. The van der Waals surface area contributed by atoms with Gasteiger partial charge in [0.2, 0.25) is 0 Å². The van der Waals surface area contributed by atoms with Crippen molar-refractivity contribution in [2.75, 3.05) is 0 Å². The molecule has 198 valence electrons. The van der Waals surface area contributed by atoms with Crippen LogP contribution in [0.2, 0.25) is 0 Å². The Morgan fingerprint density at radius 1 is 0.775 bits per heavy atom. The molecular weight excluding hydrogens is 552 g/mol. The third-order valence-corrected chi connectivity index (χ3v) is 6.87. The Morgan fingerprint density at radius 3 is 2.02 bits per heavy atom. The van der Waals surface area contributed by atoms with E-state index in [1.54, 1.807) is 6.20 Å². The Morgan fingerprint density at radius 2 is 1.40 bits per heavy atom. The van der Waals surface area contributed by atoms with Crippen molar-refractivity contribution in [2.24, 2.45) is 5.73 Å². The van der Waals surface area contributed by atoms with Crippen LogP contribution in [0.3, 0.4) is 0 Å². The first-order valence-electron chi connectivity index (χ1n) is 13.3. The van der Waals surface area contributed by atoms with Gasteiger partial charge in [0, 0.05) is 34.9 Å². The van der Waals surface area contributed by atoms with Gasteiger partial charge in [-0.2, -0.15) is 0 Å². The largest absolute Gasteiger partial charge is 0.324 e. The average molecular weight is 586 g/mol. The van der Waals surface area contributed by atoms with Crippen LogP contribution in [0.4, 0.5) is 0 Å². The van der Waals surface area contributed by atoms with Gasteiger partial charge in [-0.1, -0.05) is 119 Å². The Balaban J connectivity index is 0.000000201. The highest BCUT2D eigenvalue weighted by Crippen LogP contribution is 2.28. The molecule has 0 aliphatic rings. The zero-order valence-corrected chi connectivity index (χ0v) is 24.5. The first kappa shape index (κ1) is 28.8. The van der Waals surface area contributed by atoms with Crippen LogP contribution in [-0.4, -0.2) is 4.98 Å². The predicted octanol–water partition coefficient (Wildman–Crippen LogP) is 9.73. The number of hydrogen-bond acceptors (Lipinski definition) is 2. The number of rotatable bonds is 6. The number of pyridine rings is 1. The normalized spacial score (nSPS) is 11.4. The molecule has 0 bridgehead atoms. The van der Waals surface area contributed by atoms with Crippen molar-refractivity contribution in [1.29, 1.82) is 0 Å². The van der Waals surface area contributed by atoms with Gasteiger partial charge in [-0.15, -0.1) is 5.92 Å². The number of hydrogen-bond donors (Lipinski definition) is 1. The summed E-state index contributed by atoms with van der Waals surface area (Å²) < 4.78 is 1.04. The van der Waals surface area contributed by atoms with E-state index in [1.165, 1.54) is 27.8 Å². The molecule has 0 aliphatic heterocycles. The van der Waals surface area contributed by atoms with Crippen molar-refractivity contribution in [3.05, 3.63) is 155 Å². The van der Waals surface area contributed by atoms with E-state index in [0.717, 1.165) is 27.6 Å². The molecule has 1 atom stereocenters. The summed E-state index contributed by atoms with van der Waals surface area (Å²) >= 11 is 3.50. The lowest BCUT2D eigenvalue weighted by molar-refractivity contribution is 0.818. The summed E-state index contributed by atoms with van der Waals surface area (Å²) in [5, 5.41) is 0. The second-order valence-electron chi connectivity index (χ2n) is 9.36. The van der Waals surface area contributed by atoms with Crippen molar-refractivity contribution in [1.82, 2.24) is 4.98 Å². The van der Waals surface area contributed by atoms with E-state index in [9.17, 15) is 0 Å². The van der Waals surface area contributed by atoms with Crippen LogP contribution in [0.15, 0.2) is 138 Å². The second kappa shape index (κ2) is 14.8. The van der Waals surface area contributed by atoms with E-state index in [1.807, 2.05) is 50.4 Å². The molecule has 1 unspecified atom stereocenters. The molecule has 0 spiro atoms. The molecular formula is C37H33BrN2. The van der Waals surface area contributed by atoms with E-state index in [0.29, 0.717) is 0 Å². The van der Waals surface area contributed by atoms with Crippen LogP contribution in [0.5, 0.6) is 0 Å². The summed E-state index contributed by atoms with van der Waals surface area (Å²) in [5.41, 5.74) is 15.4. The topological polar surface area (TPSA) is 38.9 Å². The van der Waals surface area contributed by atoms with Crippen molar-refractivity contribution in [3.63, 3.8) is 0 Å². The Hall–Kier alpha value is -4.23. The predicted molar refractivity (Wildman–Crippen MR) is 173 cm³/mol. The zero-order chi connectivity index (χ0) is 28.2. The summed E-state index contributed by atoms with van der Waals surface area (Å²) in [6, 6.07) is 40.0. The second-order valence-corrected chi connectivity index (χ2v) is 10.3. The first-order valence-corrected chi connectivity index (χ1v) is 14.1. The molecule has 3 heteroatoms. The molecule has 5 aromatic rings. The first-order chi connectivity index (χ1) is 19.5. The molecule has 0 fully saturated rings. The summed E-state index contributed by atoms with van der Waals surface area (Å²) in [6.45, 7) is 3.86. The van der Waals surface area contributed by atoms with E-state index in [4.69, 9.17) is 5.73 Å². The van der Waals surface area contributed by atoms with Crippen LogP contribution in [-0.2, 0) is 0 Å². The van der Waals surface area contributed by atoms with Crippen LogP contribution in [0, 0.1) is 11.8 Å². The van der Waals surface area contributed by atoms with Crippen LogP contribution < -0.4 is 5.73 Å². The Labute approximate surface area is 246 Å². The highest BCUT2D eigenvalue weighted by molar-refractivity contribution is 9.10. The lowest BCUT2D eigenvalue weighted by Crippen LogP contribution is -2.04. The molecule has 0 saturated heterocycles. The Kier molecular flexibility index (Phi) is 10.6. The summed E-state index contributed by atoms with van der Waals surface area (Å²) in [4.78, 5) is 4.12. The molecule has 4 aromatic carbocycles. The number of halogens is 1. The monoisotopic (exact) mass is 584 g/mol. The fourth-order valence-corrected chi connectivity index (χ4v) is 4.83. The maximum Gasteiger partial charge on any atom is 0.0346 e. The van der Waals surface area contributed by atoms with Crippen molar-refractivity contribution in [2.45, 2.75) is 26.3 Å². The highest BCUT2D eigenvalue weighted by atomic mass is 79.9. The fourth-order valence-electron chi connectivity index (χ4n) is 4.32. The molecule has 2 nitrogen and oxygen atoms in total. The van der Waals surface area contributed by atoms with Crippen LogP contribution in [0.1, 0.15) is 43.0 Å². The summed E-state index contributed by atoms with van der Waals surface area (Å²) in [5.74, 6) is 6.09. The molecule has 40 heavy (non-hydrogen) atoms. The molecule has 1 aromatic heterocycles. The minimum atomic E-state index is 0.0351. The smallest absolute Gasteiger partial charge is 0.0346 e. The lowest BCUT2D eigenvalue weighted by atomic mass is 9.95. The van der Waals surface area contributed by atoms with Gasteiger partial charge in [0.1, 0.15) is 0 Å². The minimum Gasteiger partial charge on any atom is -0.324 e. The molecule has 1 heterocycles. The molecule has 0 amide bonds. The van der Waals surface area contributed by atoms with Crippen molar-refractivity contribution < 1.29 is 0 Å². The standard InChI is InChI=1S/C24H20.C13H13BrN2/c1-2-3-6-15-24(22-13-9-5-10-14-22)23-18-16-21(17-19-23)20-11-7-4-8-12-20;1-9(15)11-5-12(7-13(14)6-11)10-3-2-4-16-8-10/h4-5,7-19H,6H2,1H3;2-9H,15H2,1H3/b24-15+;. The van der Waals surface area contributed by atoms with E-state index >= 15 is 0 Å². The van der Waals surface area contributed by atoms with Crippen LogP contribution in [0.25, 0.3) is 27.8 Å². The van der Waals surface area contributed by atoms with Gasteiger partial charge >= 0.3 is 0 Å². The number of nitrogens with two attached hydrogens (primary N) is 1. The molecule has 2 N–H and O–H groups in total. The van der Waals surface area contributed by atoms with Gasteiger partial charge in [0.15, 0.2) is 0 Å². The van der Waals surface area contributed by atoms with E-state index < -0.39 is 0 Å². The average Bonchev–Trinajstić information content (AvgIpc) is 3.01. The highest BCUT2D eigenvalue weighted by Gasteiger charge is 2.06. The number of nitrogens with zero attached hydrogens (tertiary/aromatic N) is 1. The number of allylic oxidation sites excluding steroid dienone is 1. The van der Waals surface area contributed by atoms with Gasteiger partial charge in [0.25, 0.3) is 0 Å². The molecule has 5 rings (SSSR count). The van der Waals surface area contributed by atoms with Crippen molar-refractivity contribution in [3.8, 4) is 34.1 Å². The quantitative estimate of drug-likeness (QED) is 0.202. The van der Waals surface area contributed by atoms with Gasteiger partial charge in [-0.3, -0.25) is 4.98 Å². The van der Waals surface area contributed by atoms with Crippen LogP contribution >= 0.6 is 15.9 Å². The van der Waals surface area contributed by atoms with E-state index in [-0.39, 0.29) is 6.04 Å². The zero-order valence-electron chi connectivity index (χ0n) is 22.9. The maximum absolute atomic E-state index is 5.89. The third-order valence-electron chi connectivity index (χ3n) is 6.41. The minimum absolute atomic E-state index is 0.0351. The molecule has 0 radical (unpaired) electrons. The SMILES string of the molecule is CC#CC/C=C(\c1ccccc1)c1ccc(-c2ccccc2)cc1.CC(N)c1cc(Br)cc(-c2cccnc2)c1. The van der Waals surface area contributed by atoms with Gasteiger partial charge in [-0.05, 0) is 77.1 Å². The van der Waals surface area contributed by atoms with E-state index in [2.05, 4.69) is 124 Å². The van der Waals surface area contributed by atoms with Gasteiger partial charge < -0.3 is 5.73 Å². The third kappa shape index (κ3) is 8.13. The lowest BCUT2D eigenvalue weighted by Gasteiger charge is -2.10. The summed E-state index contributed by atoms with van der Waals surface area (Å²) in [6.07, 6.45) is 6.60. The summed E-state index contributed by atoms with van der Waals surface area (Å²) in [7, 11) is 0.